The van der Waals surface area contributed by atoms with Crippen molar-refractivity contribution < 1.29 is 22.7 Å². The van der Waals surface area contributed by atoms with E-state index >= 15 is 0 Å². The number of nitrogens with one attached hydrogen (secondary N) is 1. The lowest BCUT2D eigenvalue weighted by Gasteiger charge is -2.36. The van der Waals surface area contributed by atoms with Crippen LogP contribution in [-0.4, -0.2) is 61.0 Å². The molecule has 1 fully saturated rings. The number of rotatable bonds is 6. The van der Waals surface area contributed by atoms with Crippen LogP contribution in [0.3, 0.4) is 0 Å². The van der Waals surface area contributed by atoms with E-state index in [1.54, 1.807) is 23.1 Å². The molecule has 0 bridgehead atoms. The summed E-state index contributed by atoms with van der Waals surface area (Å²) in [7, 11) is 0. The molecule has 2 aromatic rings. The molecule has 1 aromatic carbocycles. The van der Waals surface area contributed by atoms with Crippen molar-refractivity contribution in [1.82, 2.24) is 15.1 Å². The first-order valence-electron chi connectivity index (χ1n) is 9.57. The molecule has 1 saturated heterocycles. The number of amides is 1. The third-order valence-electron chi connectivity index (χ3n) is 4.57. The molecular formula is C20H24ClF2IN4O3. The Bertz CT molecular complexity index is 875. The molecular weight excluding hydrogens is 545 g/mol. The molecule has 2 heterocycles. The lowest BCUT2D eigenvalue weighted by molar-refractivity contribution is -0.0504. The summed E-state index contributed by atoms with van der Waals surface area (Å²) in [5.41, 5.74) is 0.463. The molecule has 11 heteroatoms. The molecule has 1 aliphatic heterocycles. The van der Waals surface area contributed by atoms with Crippen LogP contribution < -0.4 is 10.1 Å². The maximum atomic E-state index is 12.7. The third kappa shape index (κ3) is 6.96. The largest absolute Gasteiger partial charge is 0.459 e. The highest BCUT2D eigenvalue weighted by Crippen LogP contribution is 2.25. The number of ether oxygens (including phenoxy) is 1. The summed E-state index contributed by atoms with van der Waals surface area (Å²) in [4.78, 5) is 20.7. The van der Waals surface area contributed by atoms with Gasteiger partial charge in [-0.15, -0.1) is 24.0 Å². The molecule has 3 rings (SSSR count). The number of guanidine groups is 1. The summed E-state index contributed by atoms with van der Waals surface area (Å²) >= 11 is 6.00. The topological polar surface area (TPSA) is 70.3 Å². The standard InChI is InChI=1S/C20H23ClF2N4O3.HI/c1-2-24-20(25-13-14-12-15(21)5-6-16(14)30-19(22)23)27-9-7-26(8-10-27)18(28)17-4-3-11-29-17;/h3-6,11-12,19H,2,7-10,13H2,1H3,(H,24,25);1H. The Hall–Kier alpha value is -2.08. The van der Waals surface area contributed by atoms with Crippen molar-refractivity contribution in [3.05, 3.63) is 52.9 Å². The molecule has 0 radical (unpaired) electrons. The van der Waals surface area contributed by atoms with E-state index in [1.165, 1.54) is 18.4 Å². The van der Waals surface area contributed by atoms with Gasteiger partial charge in [-0.05, 0) is 37.3 Å². The summed E-state index contributed by atoms with van der Waals surface area (Å²) in [5, 5.41) is 3.61. The number of benzene rings is 1. The van der Waals surface area contributed by atoms with E-state index in [9.17, 15) is 13.6 Å². The predicted octanol–water partition coefficient (Wildman–Crippen LogP) is 4.08. The maximum absolute atomic E-state index is 12.7. The normalized spacial score (nSPS) is 14.4. The molecule has 0 aliphatic carbocycles. The second-order valence-electron chi connectivity index (χ2n) is 6.56. The van der Waals surface area contributed by atoms with Crippen molar-refractivity contribution in [2.24, 2.45) is 4.99 Å². The summed E-state index contributed by atoms with van der Waals surface area (Å²) in [5.74, 6) is 0.847. The number of nitrogens with zero attached hydrogens (tertiary/aromatic N) is 3. The molecule has 31 heavy (non-hydrogen) atoms. The van der Waals surface area contributed by atoms with Gasteiger partial charge in [-0.1, -0.05) is 11.6 Å². The Morgan fingerprint density at radius 1 is 1.26 bits per heavy atom. The lowest BCUT2D eigenvalue weighted by atomic mass is 10.2. The molecule has 1 aliphatic rings. The molecule has 7 nitrogen and oxygen atoms in total. The fourth-order valence-electron chi connectivity index (χ4n) is 3.15. The van der Waals surface area contributed by atoms with Crippen LogP contribution in [0.2, 0.25) is 5.02 Å². The van der Waals surface area contributed by atoms with E-state index < -0.39 is 6.61 Å². The Morgan fingerprint density at radius 2 is 1.97 bits per heavy atom. The van der Waals surface area contributed by atoms with Crippen LogP contribution in [0, 0.1) is 0 Å². The zero-order valence-electron chi connectivity index (χ0n) is 16.9. The van der Waals surface area contributed by atoms with Gasteiger partial charge in [-0.3, -0.25) is 4.79 Å². The molecule has 0 unspecified atom stereocenters. The van der Waals surface area contributed by atoms with Crippen molar-refractivity contribution in [3.63, 3.8) is 0 Å². The van der Waals surface area contributed by atoms with Gasteiger partial charge in [0.25, 0.3) is 5.91 Å². The van der Waals surface area contributed by atoms with E-state index in [0.29, 0.717) is 55.0 Å². The van der Waals surface area contributed by atoms with Crippen LogP contribution in [0.15, 0.2) is 46.0 Å². The third-order valence-corrected chi connectivity index (χ3v) is 4.81. The quantitative estimate of drug-likeness (QED) is 0.323. The van der Waals surface area contributed by atoms with Crippen LogP contribution in [0.25, 0.3) is 0 Å². The van der Waals surface area contributed by atoms with E-state index in [4.69, 9.17) is 16.0 Å². The van der Waals surface area contributed by atoms with Crippen LogP contribution in [-0.2, 0) is 6.54 Å². The molecule has 1 aromatic heterocycles. The second kappa shape index (κ2) is 12.1. The number of furan rings is 1. The van der Waals surface area contributed by atoms with Crippen molar-refractivity contribution in [2.75, 3.05) is 32.7 Å². The van der Waals surface area contributed by atoms with Crippen LogP contribution in [0.5, 0.6) is 5.75 Å². The zero-order valence-corrected chi connectivity index (χ0v) is 20.0. The van der Waals surface area contributed by atoms with Crippen molar-refractivity contribution in [1.29, 1.82) is 0 Å². The molecule has 1 N–H and O–H groups in total. The average Bonchev–Trinajstić information content (AvgIpc) is 3.27. The minimum atomic E-state index is -2.93. The van der Waals surface area contributed by atoms with Gasteiger partial charge in [-0.25, -0.2) is 4.99 Å². The minimum absolute atomic E-state index is 0. The predicted molar refractivity (Wildman–Crippen MR) is 124 cm³/mol. The van der Waals surface area contributed by atoms with Crippen molar-refractivity contribution in [3.8, 4) is 5.75 Å². The van der Waals surface area contributed by atoms with Crippen LogP contribution in [0.1, 0.15) is 23.0 Å². The first kappa shape index (κ1) is 25.2. The average molecular weight is 569 g/mol. The molecule has 1 amide bonds. The number of carbonyl (C=O) groups is 1. The van der Waals surface area contributed by atoms with Crippen LogP contribution in [0.4, 0.5) is 8.78 Å². The molecule has 0 spiro atoms. The first-order valence-corrected chi connectivity index (χ1v) is 9.95. The Balaban J connectivity index is 0.00000341. The number of halogens is 4. The van der Waals surface area contributed by atoms with Gasteiger partial charge >= 0.3 is 6.61 Å². The molecule has 170 valence electrons. The van der Waals surface area contributed by atoms with Gasteiger partial charge in [0.1, 0.15) is 5.75 Å². The summed E-state index contributed by atoms with van der Waals surface area (Å²) in [6.07, 6.45) is 1.47. The highest BCUT2D eigenvalue weighted by molar-refractivity contribution is 14.0. The van der Waals surface area contributed by atoms with E-state index in [-0.39, 0.29) is 42.2 Å². The van der Waals surface area contributed by atoms with Gasteiger partial charge in [0.05, 0.1) is 12.8 Å². The SMILES string of the molecule is CCNC(=NCc1cc(Cl)ccc1OC(F)F)N1CCN(C(=O)c2ccco2)CC1.I. The van der Waals surface area contributed by atoms with Gasteiger partial charge in [-0.2, -0.15) is 8.78 Å². The van der Waals surface area contributed by atoms with E-state index in [0.717, 1.165) is 0 Å². The van der Waals surface area contributed by atoms with Gasteiger partial charge < -0.3 is 24.3 Å². The Morgan fingerprint density at radius 3 is 2.58 bits per heavy atom. The van der Waals surface area contributed by atoms with Crippen molar-refractivity contribution >= 4 is 47.4 Å². The second-order valence-corrected chi connectivity index (χ2v) is 6.99. The fourth-order valence-corrected chi connectivity index (χ4v) is 3.34. The number of piperazine rings is 1. The number of carbonyl (C=O) groups excluding carboxylic acids is 1. The van der Waals surface area contributed by atoms with Crippen molar-refractivity contribution in [2.45, 2.75) is 20.1 Å². The Labute approximate surface area is 201 Å². The van der Waals surface area contributed by atoms with Gasteiger partial charge in [0.2, 0.25) is 0 Å². The maximum Gasteiger partial charge on any atom is 0.387 e. The molecule has 0 saturated carbocycles. The number of aliphatic imine (C=N–C) groups is 1. The highest BCUT2D eigenvalue weighted by atomic mass is 127. The van der Waals surface area contributed by atoms with Gasteiger partial charge in [0.15, 0.2) is 11.7 Å². The smallest absolute Gasteiger partial charge is 0.387 e. The summed E-state index contributed by atoms with van der Waals surface area (Å²) in [6.45, 7) is 1.96. The summed E-state index contributed by atoms with van der Waals surface area (Å²) in [6, 6.07) is 7.79. The zero-order chi connectivity index (χ0) is 21.5. The first-order chi connectivity index (χ1) is 14.5. The Kier molecular flexibility index (Phi) is 9.82. The van der Waals surface area contributed by atoms with Gasteiger partial charge in [0, 0.05) is 43.3 Å². The lowest BCUT2D eigenvalue weighted by Crippen LogP contribution is -2.53. The van der Waals surface area contributed by atoms with Crippen LogP contribution >= 0.6 is 35.6 Å². The van der Waals surface area contributed by atoms with E-state index in [1.807, 2.05) is 11.8 Å². The highest BCUT2D eigenvalue weighted by Gasteiger charge is 2.25. The summed E-state index contributed by atoms with van der Waals surface area (Å²) < 4.78 is 35.1. The number of hydrogen-bond donors (Lipinski definition) is 1. The minimum Gasteiger partial charge on any atom is -0.459 e. The fraction of sp³-hybridized carbons (Fsp3) is 0.400. The molecule has 0 atom stereocenters. The number of hydrogen-bond acceptors (Lipinski definition) is 4. The monoisotopic (exact) mass is 568 g/mol. The number of alkyl halides is 2. The van der Waals surface area contributed by atoms with E-state index in [2.05, 4.69) is 15.0 Å².